The van der Waals surface area contributed by atoms with E-state index in [0.717, 1.165) is 16.3 Å². The maximum Gasteiger partial charge on any atom is 0.414 e. The molecule has 23 heavy (non-hydrogen) atoms. The van der Waals surface area contributed by atoms with Crippen LogP contribution in [0.3, 0.4) is 0 Å². The highest BCUT2D eigenvalue weighted by Crippen LogP contribution is 2.21. The first-order chi connectivity index (χ1) is 10.5. The molecule has 0 spiro atoms. The minimum atomic E-state index is -1.03. The Morgan fingerprint density at radius 2 is 1.96 bits per heavy atom. The van der Waals surface area contributed by atoms with E-state index in [1.807, 2.05) is 34.6 Å². The van der Waals surface area contributed by atoms with Crippen molar-refractivity contribution in [2.24, 2.45) is 0 Å². The molecule has 0 aliphatic carbocycles. The van der Waals surface area contributed by atoms with E-state index in [9.17, 15) is 9.59 Å². The summed E-state index contributed by atoms with van der Waals surface area (Å²) in [6.45, 7) is 9.33. The van der Waals surface area contributed by atoms with Crippen LogP contribution in [0.15, 0.2) is 16.7 Å². The molecular weight excluding hydrogens is 316 g/mol. The molecule has 0 bridgehead atoms. The van der Waals surface area contributed by atoms with Crippen LogP contribution < -0.4 is 0 Å². The molecule has 7 heteroatoms. The zero-order valence-electron chi connectivity index (χ0n) is 14.5. The van der Waals surface area contributed by atoms with Crippen LogP contribution in [0, 0.1) is 0 Å². The molecule has 1 heterocycles. The molecule has 1 amide bonds. The van der Waals surface area contributed by atoms with Crippen molar-refractivity contribution >= 4 is 23.4 Å². The van der Waals surface area contributed by atoms with Gasteiger partial charge in [0.15, 0.2) is 5.69 Å². The minimum absolute atomic E-state index is 0.0595. The Morgan fingerprint density at radius 3 is 2.39 bits per heavy atom. The molecule has 1 aromatic rings. The highest BCUT2D eigenvalue weighted by molar-refractivity contribution is 7.09. The van der Waals surface area contributed by atoms with E-state index in [0.29, 0.717) is 12.8 Å². The Balaban J connectivity index is 2.77. The number of aromatic carboxylic acids is 1. The van der Waals surface area contributed by atoms with Gasteiger partial charge in [0.05, 0.1) is 5.01 Å². The molecule has 0 unspecified atom stereocenters. The molecule has 128 valence electrons. The van der Waals surface area contributed by atoms with Crippen LogP contribution in [0.4, 0.5) is 4.79 Å². The van der Waals surface area contributed by atoms with E-state index in [1.165, 1.54) is 21.6 Å². The van der Waals surface area contributed by atoms with Crippen LogP contribution in [-0.2, 0) is 11.2 Å². The molecule has 1 aromatic heterocycles. The second-order valence-electron chi connectivity index (χ2n) is 6.42. The zero-order valence-corrected chi connectivity index (χ0v) is 15.3. The lowest BCUT2D eigenvalue weighted by Gasteiger charge is -2.27. The number of rotatable bonds is 5. The summed E-state index contributed by atoms with van der Waals surface area (Å²) in [5.41, 5.74) is 1.37. The molecule has 0 saturated carbocycles. The molecule has 0 saturated heterocycles. The standard InChI is InChI=1S/C16H24N2O4S/c1-10(2)12(18(6)15(21)22-16(3,4)5)7-8-13-17-11(9-23-13)14(19)20/h9H,7-8H2,1-6H3,(H,19,20). The van der Waals surface area contributed by atoms with Crippen LogP contribution in [-0.4, -0.2) is 39.7 Å². The first-order valence-corrected chi connectivity index (χ1v) is 8.20. The Bertz CT molecular complexity index is 610. The number of ether oxygens (including phenoxy) is 1. The topological polar surface area (TPSA) is 79.7 Å². The van der Waals surface area contributed by atoms with Gasteiger partial charge in [-0.15, -0.1) is 11.3 Å². The number of carbonyl (C=O) groups is 2. The van der Waals surface area contributed by atoms with Crippen molar-refractivity contribution in [2.45, 2.75) is 53.1 Å². The monoisotopic (exact) mass is 340 g/mol. The average Bonchev–Trinajstić information content (AvgIpc) is 2.85. The Kier molecular flexibility index (Phi) is 6.32. The first kappa shape index (κ1) is 19.2. The van der Waals surface area contributed by atoms with Gasteiger partial charge in [0.2, 0.25) is 0 Å². The molecule has 6 nitrogen and oxygen atoms in total. The van der Waals surface area contributed by atoms with Gasteiger partial charge in [-0.1, -0.05) is 5.57 Å². The van der Waals surface area contributed by atoms with E-state index in [-0.39, 0.29) is 5.69 Å². The number of aryl methyl sites for hydroxylation is 1. The first-order valence-electron chi connectivity index (χ1n) is 7.32. The minimum Gasteiger partial charge on any atom is -0.476 e. The summed E-state index contributed by atoms with van der Waals surface area (Å²) < 4.78 is 5.38. The molecule has 1 N–H and O–H groups in total. The number of amides is 1. The van der Waals surface area contributed by atoms with Gasteiger partial charge >= 0.3 is 12.1 Å². The Labute approximate surface area is 140 Å². The maximum atomic E-state index is 12.2. The van der Waals surface area contributed by atoms with Crippen LogP contribution in [0.25, 0.3) is 0 Å². The summed E-state index contributed by atoms with van der Waals surface area (Å²) in [5, 5.41) is 11.2. The van der Waals surface area contributed by atoms with Crippen LogP contribution in [0.2, 0.25) is 0 Å². The molecule has 0 radical (unpaired) electrons. The molecule has 0 aliphatic rings. The van der Waals surface area contributed by atoms with Gasteiger partial charge in [-0.25, -0.2) is 14.6 Å². The van der Waals surface area contributed by atoms with E-state index in [1.54, 1.807) is 7.05 Å². The summed E-state index contributed by atoms with van der Waals surface area (Å²) >= 11 is 1.31. The van der Waals surface area contributed by atoms with E-state index < -0.39 is 17.7 Å². The molecular formula is C16H24N2O4S. The van der Waals surface area contributed by atoms with Crippen molar-refractivity contribution in [3.05, 3.63) is 27.4 Å². The van der Waals surface area contributed by atoms with Crippen LogP contribution in [0.5, 0.6) is 0 Å². The predicted molar refractivity (Wildman–Crippen MR) is 89.8 cm³/mol. The summed E-state index contributed by atoms with van der Waals surface area (Å²) in [7, 11) is 1.68. The molecule has 0 aromatic carbocycles. The van der Waals surface area contributed by atoms with Gasteiger partial charge in [0.25, 0.3) is 0 Å². The van der Waals surface area contributed by atoms with E-state index in [2.05, 4.69) is 4.98 Å². The normalized spacial score (nSPS) is 11.0. The van der Waals surface area contributed by atoms with Gasteiger partial charge in [-0.2, -0.15) is 0 Å². The smallest absolute Gasteiger partial charge is 0.414 e. The van der Waals surface area contributed by atoms with Gasteiger partial charge < -0.3 is 9.84 Å². The second-order valence-corrected chi connectivity index (χ2v) is 7.36. The average molecular weight is 340 g/mol. The van der Waals surface area contributed by atoms with Crippen molar-refractivity contribution in [2.75, 3.05) is 7.05 Å². The number of hydrogen-bond donors (Lipinski definition) is 1. The maximum absolute atomic E-state index is 12.2. The van der Waals surface area contributed by atoms with Gasteiger partial charge in [-0.05, 0) is 41.0 Å². The van der Waals surface area contributed by atoms with Gasteiger partial charge in [-0.3, -0.25) is 4.90 Å². The van der Waals surface area contributed by atoms with Crippen molar-refractivity contribution in [3.63, 3.8) is 0 Å². The van der Waals surface area contributed by atoms with Crippen molar-refractivity contribution in [1.82, 2.24) is 9.88 Å². The summed E-state index contributed by atoms with van der Waals surface area (Å²) in [5.74, 6) is -1.03. The van der Waals surface area contributed by atoms with Crippen LogP contribution in [0.1, 0.15) is 56.5 Å². The number of thiazole rings is 1. The van der Waals surface area contributed by atoms with E-state index >= 15 is 0 Å². The fourth-order valence-electron chi connectivity index (χ4n) is 1.94. The lowest BCUT2D eigenvalue weighted by molar-refractivity contribution is 0.0346. The number of aromatic nitrogens is 1. The Morgan fingerprint density at radius 1 is 1.35 bits per heavy atom. The zero-order chi connectivity index (χ0) is 17.8. The predicted octanol–water partition coefficient (Wildman–Crippen LogP) is 3.93. The van der Waals surface area contributed by atoms with Gasteiger partial charge in [0, 0.05) is 24.5 Å². The molecule has 1 rings (SSSR count). The lowest BCUT2D eigenvalue weighted by atomic mass is 10.1. The summed E-state index contributed by atoms with van der Waals surface area (Å²) in [4.78, 5) is 28.6. The SMILES string of the molecule is CC(C)=C(CCc1nc(C(=O)O)cs1)N(C)C(=O)OC(C)(C)C. The Hall–Kier alpha value is -1.89. The summed E-state index contributed by atoms with van der Waals surface area (Å²) in [6, 6.07) is 0. The van der Waals surface area contributed by atoms with Crippen molar-refractivity contribution in [1.29, 1.82) is 0 Å². The second kappa shape index (κ2) is 7.59. The lowest BCUT2D eigenvalue weighted by Crippen LogP contribution is -2.34. The number of carboxylic acids is 1. The van der Waals surface area contributed by atoms with E-state index in [4.69, 9.17) is 9.84 Å². The molecule has 0 atom stereocenters. The number of carbonyl (C=O) groups excluding carboxylic acids is 1. The third kappa shape index (κ3) is 6.02. The fraction of sp³-hybridized carbons (Fsp3) is 0.562. The van der Waals surface area contributed by atoms with Crippen molar-refractivity contribution < 1.29 is 19.4 Å². The quantitative estimate of drug-likeness (QED) is 0.878. The van der Waals surface area contributed by atoms with Gasteiger partial charge in [0.1, 0.15) is 5.60 Å². The third-order valence-electron chi connectivity index (χ3n) is 3.00. The summed E-state index contributed by atoms with van der Waals surface area (Å²) in [6.07, 6.45) is 0.759. The molecule has 0 fully saturated rings. The number of nitrogens with zero attached hydrogens (tertiary/aromatic N) is 2. The highest BCUT2D eigenvalue weighted by Gasteiger charge is 2.22. The van der Waals surface area contributed by atoms with Crippen LogP contribution >= 0.6 is 11.3 Å². The third-order valence-corrected chi connectivity index (χ3v) is 3.90. The number of carboxylic acid groups (broad SMARTS) is 1. The number of allylic oxidation sites excluding steroid dienone is 2. The number of hydrogen-bond acceptors (Lipinski definition) is 5. The fourth-order valence-corrected chi connectivity index (χ4v) is 2.72. The molecule has 0 aliphatic heterocycles. The highest BCUT2D eigenvalue weighted by atomic mass is 32.1. The van der Waals surface area contributed by atoms with Crippen molar-refractivity contribution in [3.8, 4) is 0 Å². The largest absolute Gasteiger partial charge is 0.476 e.